The molecule has 0 spiro atoms. The Morgan fingerprint density at radius 3 is 2.80 bits per heavy atom. The number of carbonyl (C=O) groups is 2. The first-order valence-electron chi connectivity index (χ1n) is 14.7. The first kappa shape index (κ1) is 33.4. The second-order valence-corrected chi connectivity index (χ2v) is 14.2. The zero-order valence-corrected chi connectivity index (χ0v) is 27.3. The summed E-state index contributed by atoms with van der Waals surface area (Å²) in [7, 11) is -4.21. The van der Waals surface area contributed by atoms with Crippen LogP contribution >= 0.6 is 22.9 Å². The molecule has 0 saturated heterocycles. The first-order chi connectivity index (χ1) is 21.4. The lowest BCUT2D eigenvalue weighted by atomic mass is 9.93. The second-order valence-electron chi connectivity index (χ2n) is 11.3. The van der Waals surface area contributed by atoms with Gasteiger partial charge in [0.2, 0.25) is 5.78 Å². The summed E-state index contributed by atoms with van der Waals surface area (Å²) in [6.07, 6.45) is 4.38. The molecule has 2 unspecified atom stereocenters. The van der Waals surface area contributed by atoms with Crippen LogP contribution in [0.4, 0.5) is 5.82 Å². The quantitative estimate of drug-likeness (QED) is 0.187. The molecule has 0 bridgehead atoms. The van der Waals surface area contributed by atoms with Gasteiger partial charge < -0.3 is 20.5 Å². The molecule has 242 valence electrons. The van der Waals surface area contributed by atoms with Crippen LogP contribution in [0.3, 0.4) is 0 Å². The number of aromatic nitrogens is 2. The third-order valence-corrected chi connectivity index (χ3v) is 9.82. The Bertz CT molecular complexity index is 1670. The van der Waals surface area contributed by atoms with Gasteiger partial charge in [-0.15, -0.1) is 11.3 Å². The summed E-state index contributed by atoms with van der Waals surface area (Å²) in [6.45, 7) is 4.14. The molecule has 2 aromatic heterocycles. The molecule has 1 saturated carbocycles. The van der Waals surface area contributed by atoms with Gasteiger partial charge >= 0.3 is 16.3 Å². The van der Waals surface area contributed by atoms with Crippen molar-refractivity contribution < 1.29 is 31.7 Å². The predicted molar refractivity (Wildman–Crippen MR) is 169 cm³/mol. The average Bonchev–Trinajstić information content (AvgIpc) is 3.57. The second kappa shape index (κ2) is 14.2. The van der Waals surface area contributed by atoms with Crippen molar-refractivity contribution in [3.05, 3.63) is 73.8 Å². The highest BCUT2D eigenvalue weighted by Gasteiger charge is 2.39. The van der Waals surface area contributed by atoms with E-state index in [9.17, 15) is 18.0 Å². The van der Waals surface area contributed by atoms with Crippen LogP contribution in [0.1, 0.15) is 75.5 Å². The minimum absolute atomic E-state index is 0.264. The molecule has 3 aromatic rings. The Kier molecular flexibility index (Phi) is 10.5. The van der Waals surface area contributed by atoms with Crippen LogP contribution in [0.15, 0.2) is 36.8 Å². The fourth-order valence-corrected chi connectivity index (χ4v) is 7.40. The molecule has 1 aromatic carbocycles. The molecule has 5 atom stereocenters. The van der Waals surface area contributed by atoms with Crippen molar-refractivity contribution in [1.29, 1.82) is 0 Å². The van der Waals surface area contributed by atoms with Crippen molar-refractivity contribution in [2.24, 2.45) is 16.8 Å². The summed E-state index contributed by atoms with van der Waals surface area (Å²) in [5.74, 6) is -1.02. The van der Waals surface area contributed by atoms with Crippen LogP contribution in [0.5, 0.6) is 0 Å². The van der Waals surface area contributed by atoms with Crippen LogP contribution in [0.25, 0.3) is 0 Å². The molecule has 12 nitrogen and oxygen atoms in total. The van der Waals surface area contributed by atoms with Gasteiger partial charge in [0.05, 0.1) is 23.7 Å². The van der Waals surface area contributed by atoms with Crippen molar-refractivity contribution in [2.45, 2.75) is 70.2 Å². The van der Waals surface area contributed by atoms with E-state index in [1.807, 2.05) is 38.1 Å². The number of nitrogens with two attached hydrogens (primary N) is 2. The summed E-state index contributed by atoms with van der Waals surface area (Å²) in [5, 5.41) is 8.95. The zero-order valence-electron chi connectivity index (χ0n) is 24.9. The third-order valence-electron chi connectivity index (χ3n) is 8.05. The van der Waals surface area contributed by atoms with E-state index in [2.05, 4.69) is 15.3 Å². The monoisotopic (exact) mass is 677 g/mol. The molecule has 1 aliphatic carbocycles. The van der Waals surface area contributed by atoms with E-state index in [1.165, 1.54) is 23.9 Å². The van der Waals surface area contributed by atoms with Gasteiger partial charge in [0.1, 0.15) is 30.4 Å². The normalized spacial score (nSPS) is 22.1. The maximum Gasteiger partial charge on any atom is 0.333 e. The number of halogens is 1. The Hall–Kier alpha value is -2.98. The summed E-state index contributed by atoms with van der Waals surface area (Å²) in [4.78, 5) is 36.3. The number of aryl methyl sites for hydroxylation is 1. The van der Waals surface area contributed by atoms with Crippen LogP contribution in [-0.4, -0.2) is 61.5 Å². The fraction of sp³-hybridized carbons (Fsp3) is 0.467. The molecule has 3 heterocycles. The summed E-state index contributed by atoms with van der Waals surface area (Å²) >= 11 is 7.67. The van der Waals surface area contributed by atoms with Crippen molar-refractivity contribution in [3.8, 4) is 0 Å². The fourth-order valence-electron chi connectivity index (χ4n) is 5.85. The van der Waals surface area contributed by atoms with Crippen molar-refractivity contribution in [3.63, 3.8) is 0 Å². The molecule has 45 heavy (non-hydrogen) atoms. The molecule has 0 amide bonds. The predicted octanol–water partition coefficient (Wildman–Crippen LogP) is 3.84. The van der Waals surface area contributed by atoms with Gasteiger partial charge in [-0.05, 0) is 61.1 Å². The van der Waals surface area contributed by atoms with Gasteiger partial charge in [-0.2, -0.15) is 8.42 Å². The number of benzene rings is 1. The smallest absolute Gasteiger partial charge is 0.333 e. The van der Waals surface area contributed by atoms with E-state index in [-0.39, 0.29) is 30.1 Å². The summed E-state index contributed by atoms with van der Waals surface area (Å²) < 4.78 is 39.7. The Balaban J connectivity index is 1.35. The molecule has 5 N–H and O–H groups in total. The number of hydrogen-bond acceptors (Lipinski definition) is 12. The van der Waals surface area contributed by atoms with E-state index < -0.39 is 34.3 Å². The Labute approximate surface area is 271 Å². The maximum atomic E-state index is 13.9. The van der Waals surface area contributed by atoms with Crippen LogP contribution in [0.2, 0.25) is 5.02 Å². The van der Waals surface area contributed by atoms with Gasteiger partial charge in [0.15, 0.2) is 0 Å². The first-order valence-corrected chi connectivity index (χ1v) is 17.3. The van der Waals surface area contributed by atoms with E-state index in [1.54, 1.807) is 0 Å². The Morgan fingerprint density at radius 2 is 2.04 bits per heavy atom. The highest BCUT2D eigenvalue weighted by molar-refractivity contribution is 7.84. The minimum atomic E-state index is -4.21. The van der Waals surface area contributed by atoms with Crippen LogP contribution in [0, 0.1) is 12.8 Å². The lowest BCUT2D eigenvalue weighted by molar-refractivity contribution is -0.153. The highest BCUT2D eigenvalue weighted by Crippen LogP contribution is 2.39. The summed E-state index contributed by atoms with van der Waals surface area (Å²) in [5.41, 5.74) is 9.27. The minimum Gasteiger partial charge on any atom is -0.461 e. The number of esters is 1. The lowest BCUT2D eigenvalue weighted by Crippen LogP contribution is -2.37. The van der Waals surface area contributed by atoms with Gasteiger partial charge in [-0.1, -0.05) is 31.0 Å². The number of nitrogens with zero attached hydrogens (tertiary/aromatic N) is 2. The number of carbonyl (C=O) groups excluding carboxylic acids is 2. The Morgan fingerprint density at radius 1 is 1.24 bits per heavy atom. The van der Waals surface area contributed by atoms with Gasteiger partial charge in [-0.25, -0.2) is 15.1 Å². The topological polar surface area (TPSA) is 186 Å². The lowest BCUT2D eigenvalue weighted by Gasteiger charge is -2.26. The summed E-state index contributed by atoms with van der Waals surface area (Å²) in [6, 6.07) is 6.52. The molecule has 15 heteroatoms. The molecule has 5 rings (SSSR count). The van der Waals surface area contributed by atoms with Crippen LogP contribution < -0.4 is 16.2 Å². The number of fused-ring (bicyclic) bond motifs is 1. The van der Waals surface area contributed by atoms with E-state index in [4.69, 9.17) is 36.1 Å². The third kappa shape index (κ3) is 8.06. The van der Waals surface area contributed by atoms with Gasteiger partial charge in [0.25, 0.3) is 0 Å². The number of ether oxygens (including phenoxy) is 2. The zero-order chi connectivity index (χ0) is 32.3. The highest BCUT2D eigenvalue weighted by atomic mass is 35.5. The number of rotatable bonds is 12. The molecular formula is C30H36ClN5O7S2. The number of ketones is 1. The molecule has 0 radical (unpaired) electrons. The average molecular weight is 678 g/mol. The number of thiophene rings is 1. The number of nitrogens with one attached hydrogen (secondary N) is 1. The van der Waals surface area contributed by atoms with Gasteiger partial charge in [0, 0.05) is 34.5 Å². The van der Waals surface area contributed by atoms with Crippen molar-refractivity contribution in [1.82, 2.24) is 9.97 Å². The van der Waals surface area contributed by atoms with Crippen molar-refractivity contribution in [2.75, 3.05) is 18.5 Å². The molecular weight excluding hydrogens is 642 g/mol. The van der Waals surface area contributed by atoms with E-state index in [0.717, 1.165) is 28.0 Å². The van der Waals surface area contributed by atoms with Crippen LogP contribution in [-0.2, 0) is 35.2 Å². The number of hydrogen-bond donors (Lipinski definition) is 3. The molecule has 2 aliphatic rings. The largest absolute Gasteiger partial charge is 0.461 e. The standard InChI is InChI=1S/C30H36ClN5O7S2/c1-3-4-24(32)30(38)43-25-11-20(9-18(25)14-42-45(33,39)40)36-29-23(13-34-15-35-29)27(37)26-12-21(16(2)44-26)28-22-10-19(31)6-5-17(22)7-8-41-28/h5-6,10,12-13,15,18,20,24-25,28H,3-4,7-9,11,14,32H2,1-2H3,(H2,33,39,40)(H,34,35,36)/t18-,20-,24+,25?,28?/m1/s1. The molecule has 1 fully saturated rings. The number of anilines is 1. The maximum absolute atomic E-state index is 13.9. The SMILES string of the molecule is CCC[C@H](N)C(=O)OC1C[C@H](Nc2ncncc2C(=O)c2cc(C3OCCc4ccc(Cl)cc43)c(C)s2)C[C@@H]1COS(N)(=O)=O. The van der Waals surface area contributed by atoms with E-state index >= 15 is 0 Å². The van der Waals surface area contributed by atoms with Crippen molar-refractivity contribution >= 4 is 50.8 Å². The van der Waals surface area contributed by atoms with Gasteiger partial charge in [-0.3, -0.25) is 13.8 Å². The molecule has 1 aliphatic heterocycles. The van der Waals surface area contributed by atoms with E-state index in [0.29, 0.717) is 48.0 Å².